The number of carbonyl (C=O) groups excluding carboxylic acids is 2. The maximum absolute atomic E-state index is 12.3. The molecule has 32 heavy (non-hydrogen) atoms. The summed E-state index contributed by atoms with van der Waals surface area (Å²) < 4.78 is 11.5. The summed E-state index contributed by atoms with van der Waals surface area (Å²) in [4.78, 5) is 24.5. The molecular weight excluding hydrogens is 498 g/mol. The monoisotopic (exact) mass is 515 g/mol. The van der Waals surface area contributed by atoms with E-state index in [1.165, 1.54) is 13.3 Å². The fourth-order valence-electron chi connectivity index (χ4n) is 2.63. The number of benzene rings is 3. The summed E-state index contributed by atoms with van der Waals surface area (Å²) in [5, 5.41) is 7.12. The Hall–Kier alpha value is -3.36. The van der Waals surface area contributed by atoms with E-state index < -0.39 is 5.91 Å². The van der Waals surface area contributed by atoms with Gasteiger partial charge >= 0.3 is 0 Å². The molecule has 0 aromatic heterocycles. The predicted octanol–water partition coefficient (Wildman–Crippen LogP) is 4.89. The van der Waals surface area contributed by atoms with Crippen LogP contribution in [0.25, 0.3) is 0 Å². The molecule has 0 aliphatic heterocycles. The molecule has 2 N–H and O–H groups in total. The van der Waals surface area contributed by atoms with Crippen molar-refractivity contribution in [2.75, 3.05) is 19.0 Å². The number of hydrogen-bond donors (Lipinski definition) is 2. The van der Waals surface area contributed by atoms with Gasteiger partial charge in [-0.2, -0.15) is 5.10 Å². The van der Waals surface area contributed by atoms with Crippen molar-refractivity contribution in [1.29, 1.82) is 0 Å². The van der Waals surface area contributed by atoms with Crippen molar-refractivity contribution >= 4 is 51.2 Å². The van der Waals surface area contributed by atoms with Gasteiger partial charge in [-0.25, -0.2) is 5.43 Å². The van der Waals surface area contributed by atoms with E-state index >= 15 is 0 Å². The number of nitrogens with one attached hydrogen (secondary N) is 2. The molecule has 0 unspecified atom stereocenters. The van der Waals surface area contributed by atoms with Crippen LogP contribution >= 0.6 is 27.5 Å². The third-order valence-electron chi connectivity index (χ3n) is 4.18. The van der Waals surface area contributed by atoms with Crippen LogP contribution in [0.1, 0.15) is 15.9 Å². The Morgan fingerprint density at radius 3 is 2.69 bits per heavy atom. The van der Waals surface area contributed by atoms with Gasteiger partial charge in [0.15, 0.2) is 6.61 Å². The lowest BCUT2D eigenvalue weighted by atomic mass is 10.2. The highest BCUT2D eigenvalue weighted by Gasteiger charge is 2.10. The second kappa shape index (κ2) is 11.3. The Bertz CT molecular complexity index is 1150. The molecule has 7 nitrogen and oxygen atoms in total. The molecule has 0 spiro atoms. The van der Waals surface area contributed by atoms with E-state index in [2.05, 4.69) is 31.8 Å². The van der Waals surface area contributed by atoms with Crippen LogP contribution in [0.2, 0.25) is 5.02 Å². The minimum Gasteiger partial charge on any atom is -0.497 e. The van der Waals surface area contributed by atoms with Gasteiger partial charge in [-0.15, -0.1) is 0 Å². The second-order valence-corrected chi connectivity index (χ2v) is 7.75. The highest BCUT2D eigenvalue weighted by Crippen LogP contribution is 2.23. The zero-order valence-corrected chi connectivity index (χ0v) is 19.3. The maximum atomic E-state index is 12.3. The molecule has 0 saturated heterocycles. The van der Waals surface area contributed by atoms with E-state index in [0.717, 1.165) is 4.47 Å². The van der Waals surface area contributed by atoms with Gasteiger partial charge in [0, 0.05) is 15.6 Å². The van der Waals surface area contributed by atoms with Gasteiger partial charge in [0.05, 0.1) is 24.0 Å². The first-order valence-corrected chi connectivity index (χ1v) is 10.6. The van der Waals surface area contributed by atoms with Crippen LogP contribution in [0.5, 0.6) is 11.5 Å². The molecule has 0 heterocycles. The quantitative estimate of drug-likeness (QED) is 0.329. The summed E-state index contributed by atoms with van der Waals surface area (Å²) in [6.07, 6.45) is 1.43. The molecule has 0 saturated carbocycles. The van der Waals surface area contributed by atoms with Gasteiger partial charge < -0.3 is 14.8 Å². The molecule has 0 aliphatic rings. The summed E-state index contributed by atoms with van der Waals surface area (Å²) in [5.41, 5.74) is 3.93. The van der Waals surface area contributed by atoms with Crippen LogP contribution in [0, 0.1) is 0 Å². The topological polar surface area (TPSA) is 89.0 Å². The minimum absolute atomic E-state index is 0.232. The average molecular weight is 517 g/mol. The Morgan fingerprint density at radius 2 is 1.91 bits per heavy atom. The minimum atomic E-state index is -0.392. The summed E-state index contributed by atoms with van der Waals surface area (Å²) >= 11 is 9.44. The fourth-order valence-corrected chi connectivity index (χ4v) is 3.19. The van der Waals surface area contributed by atoms with Crippen molar-refractivity contribution < 1.29 is 19.1 Å². The van der Waals surface area contributed by atoms with Gasteiger partial charge in [0.1, 0.15) is 11.5 Å². The molecule has 0 fully saturated rings. The molecule has 9 heteroatoms. The number of para-hydroxylation sites is 1. The van der Waals surface area contributed by atoms with Crippen LogP contribution in [-0.4, -0.2) is 31.7 Å². The third-order valence-corrected chi connectivity index (χ3v) is 5.00. The smallest absolute Gasteiger partial charge is 0.271 e. The van der Waals surface area contributed by atoms with E-state index in [1.54, 1.807) is 66.7 Å². The molecule has 3 rings (SSSR count). The molecule has 0 bridgehead atoms. The highest BCUT2D eigenvalue weighted by atomic mass is 79.9. The average Bonchev–Trinajstić information content (AvgIpc) is 2.80. The van der Waals surface area contributed by atoms with Crippen LogP contribution in [0.3, 0.4) is 0 Å². The Morgan fingerprint density at radius 1 is 1.09 bits per heavy atom. The number of methoxy groups -OCH3 is 1. The Balaban J connectivity index is 1.63. The van der Waals surface area contributed by atoms with Gasteiger partial charge in [0.25, 0.3) is 11.8 Å². The number of anilines is 1. The first-order chi connectivity index (χ1) is 15.5. The van der Waals surface area contributed by atoms with Crippen molar-refractivity contribution in [1.82, 2.24) is 5.43 Å². The molecule has 3 aromatic carbocycles. The SMILES string of the molecule is COc1cccc(C(=O)N/N=C/c2cc(Br)ccc2OCC(=O)Nc2ccccc2Cl)c1. The number of rotatable bonds is 8. The number of halogens is 2. The zero-order valence-electron chi connectivity index (χ0n) is 17.0. The molecule has 3 aromatic rings. The molecule has 0 radical (unpaired) electrons. The summed E-state index contributed by atoms with van der Waals surface area (Å²) in [7, 11) is 1.53. The van der Waals surface area contributed by atoms with E-state index in [9.17, 15) is 9.59 Å². The first kappa shape index (κ1) is 23.3. The standard InChI is InChI=1S/C23H19BrClN3O4/c1-31-18-6-4-5-15(12-18)23(30)28-26-13-16-11-17(24)9-10-21(16)32-14-22(29)27-20-8-3-2-7-19(20)25/h2-13H,14H2,1H3,(H,27,29)(H,28,30)/b26-13+. The number of ether oxygens (including phenoxy) is 2. The molecule has 164 valence electrons. The number of hydrazone groups is 1. The number of amides is 2. The zero-order chi connectivity index (χ0) is 22.9. The van der Waals surface area contributed by atoms with Crippen molar-refractivity contribution in [2.45, 2.75) is 0 Å². The molecule has 2 amide bonds. The summed E-state index contributed by atoms with van der Waals surface area (Å²) in [6, 6.07) is 18.9. The lowest BCUT2D eigenvalue weighted by Crippen LogP contribution is -2.21. The van der Waals surface area contributed by atoms with Crippen LogP contribution in [0.15, 0.2) is 76.3 Å². The Kier molecular flexibility index (Phi) is 8.24. The van der Waals surface area contributed by atoms with E-state index in [4.69, 9.17) is 21.1 Å². The predicted molar refractivity (Wildman–Crippen MR) is 128 cm³/mol. The van der Waals surface area contributed by atoms with Crippen molar-refractivity contribution in [3.8, 4) is 11.5 Å². The summed E-state index contributed by atoms with van der Waals surface area (Å²) in [5.74, 6) is 0.230. The van der Waals surface area contributed by atoms with Crippen molar-refractivity contribution in [3.63, 3.8) is 0 Å². The van der Waals surface area contributed by atoms with Crippen molar-refractivity contribution in [2.24, 2.45) is 5.10 Å². The van der Waals surface area contributed by atoms with E-state index in [0.29, 0.717) is 33.3 Å². The lowest BCUT2D eigenvalue weighted by Gasteiger charge is -2.11. The molecular formula is C23H19BrClN3O4. The maximum Gasteiger partial charge on any atom is 0.271 e. The van der Waals surface area contributed by atoms with Gasteiger partial charge in [0.2, 0.25) is 0 Å². The first-order valence-electron chi connectivity index (χ1n) is 9.40. The second-order valence-electron chi connectivity index (χ2n) is 6.43. The largest absolute Gasteiger partial charge is 0.497 e. The lowest BCUT2D eigenvalue weighted by molar-refractivity contribution is -0.118. The Labute approximate surface area is 198 Å². The van der Waals surface area contributed by atoms with Gasteiger partial charge in [-0.1, -0.05) is 45.7 Å². The van der Waals surface area contributed by atoms with Gasteiger partial charge in [-0.05, 0) is 48.5 Å². The fraction of sp³-hybridized carbons (Fsp3) is 0.0870. The van der Waals surface area contributed by atoms with E-state index in [-0.39, 0.29) is 12.5 Å². The number of carbonyl (C=O) groups is 2. The third kappa shape index (κ3) is 6.57. The van der Waals surface area contributed by atoms with Crippen LogP contribution < -0.4 is 20.2 Å². The molecule has 0 aliphatic carbocycles. The van der Waals surface area contributed by atoms with E-state index in [1.807, 2.05) is 0 Å². The molecule has 0 atom stereocenters. The number of hydrogen-bond acceptors (Lipinski definition) is 5. The number of nitrogens with zero attached hydrogens (tertiary/aromatic N) is 1. The van der Waals surface area contributed by atoms with Crippen LogP contribution in [-0.2, 0) is 4.79 Å². The summed E-state index contributed by atoms with van der Waals surface area (Å²) in [6.45, 7) is -0.232. The highest BCUT2D eigenvalue weighted by molar-refractivity contribution is 9.10. The van der Waals surface area contributed by atoms with Gasteiger partial charge in [-0.3, -0.25) is 9.59 Å². The normalized spacial score (nSPS) is 10.6. The van der Waals surface area contributed by atoms with Crippen molar-refractivity contribution in [3.05, 3.63) is 87.4 Å². The van der Waals surface area contributed by atoms with Crippen LogP contribution in [0.4, 0.5) is 5.69 Å².